The monoisotopic (exact) mass is 345 g/mol. The number of amides is 1. The number of carbonyl (C=O) groups excluding carboxylic acids is 1. The van der Waals surface area contributed by atoms with Crippen LogP contribution in [0.15, 0.2) is 36.4 Å². The van der Waals surface area contributed by atoms with Gasteiger partial charge in [0.2, 0.25) is 5.75 Å². The summed E-state index contributed by atoms with van der Waals surface area (Å²) in [5.41, 5.74) is 1.57. The second kappa shape index (κ2) is 8.82. The number of hydrogen-bond donors (Lipinski definition) is 1. The summed E-state index contributed by atoms with van der Waals surface area (Å²) in [6.07, 6.45) is 0.722. The van der Waals surface area contributed by atoms with Crippen LogP contribution in [0.2, 0.25) is 0 Å². The summed E-state index contributed by atoms with van der Waals surface area (Å²) in [5.74, 6) is 1.96. The van der Waals surface area contributed by atoms with Gasteiger partial charge in [0, 0.05) is 12.1 Å². The average Bonchev–Trinajstić information content (AvgIpc) is 2.67. The van der Waals surface area contributed by atoms with E-state index >= 15 is 0 Å². The molecule has 0 saturated carbocycles. The molecule has 0 heterocycles. The second-order valence-electron chi connectivity index (χ2n) is 5.27. The third kappa shape index (κ3) is 4.56. The molecule has 6 heteroatoms. The van der Waals surface area contributed by atoms with Gasteiger partial charge in [0.1, 0.15) is 5.75 Å². The van der Waals surface area contributed by atoms with Crippen molar-refractivity contribution in [2.45, 2.75) is 6.42 Å². The van der Waals surface area contributed by atoms with Crippen LogP contribution in [0, 0.1) is 0 Å². The lowest BCUT2D eigenvalue weighted by Gasteiger charge is -2.14. The minimum atomic E-state index is -0.201. The smallest absolute Gasteiger partial charge is 0.251 e. The van der Waals surface area contributed by atoms with Crippen molar-refractivity contribution in [3.63, 3.8) is 0 Å². The van der Waals surface area contributed by atoms with Gasteiger partial charge in [-0.15, -0.1) is 0 Å². The Bertz CT molecular complexity index is 687. The number of rotatable bonds is 8. The van der Waals surface area contributed by atoms with Gasteiger partial charge in [-0.25, -0.2) is 0 Å². The van der Waals surface area contributed by atoms with Crippen LogP contribution in [0.4, 0.5) is 0 Å². The molecule has 0 aromatic heterocycles. The van der Waals surface area contributed by atoms with E-state index in [1.54, 1.807) is 19.2 Å². The Morgan fingerprint density at radius 3 is 1.96 bits per heavy atom. The summed E-state index contributed by atoms with van der Waals surface area (Å²) < 4.78 is 20.9. The van der Waals surface area contributed by atoms with E-state index < -0.39 is 0 Å². The Hall–Kier alpha value is -2.89. The van der Waals surface area contributed by atoms with Gasteiger partial charge >= 0.3 is 0 Å². The van der Waals surface area contributed by atoms with Gasteiger partial charge in [-0.2, -0.15) is 0 Å². The van der Waals surface area contributed by atoms with Gasteiger partial charge in [0.25, 0.3) is 5.91 Å². The van der Waals surface area contributed by atoms with Crippen molar-refractivity contribution >= 4 is 5.91 Å². The van der Waals surface area contributed by atoms with Crippen LogP contribution < -0.4 is 24.3 Å². The molecule has 0 aliphatic heterocycles. The SMILES string of the molecule is COc1ccc(CCNC(=O)c2cc(OC)c(OC)c(OC)c2)cc1. The van der Waals surface area contributed by atoms with Crippen LogP contribution in [0.5, 0.6) is 23.0 Å². The maximum Gasteiger partial charge on any atom is 0.251 e. The lowest BCUT2D eigenvalue weighted by molar-refractivity contribution is 0.0953. The molecule has 0 fully saturated rings. The molecule has 1 N–H and O–H groups in total. The minimum Gasteiger partial charge on any atom is -0.497 e. The Morgan fingerprint density at radius 1 is 0.880 bits per heavy atom. The van der Waals surface area contributed by atoms with Crippen molar-refractivity contribution in [1.29, 1.82) is 0 Å². The lowest BCUT2D eigenvalue weighted by Crippen LogP contribution is -2.25. The van der Waals surface area contributed by atoms with Crippen molar-refractivity contribution in [3.8, 4) is 23.0 Å². The van der Waals surface area contributed by atoms with Crippen molar-refractivity contribution in [3.05, 3.63) is 47.5 Å². The summed E-state index contributed by atoms with van der Waals surface area (Å²) in [7, 11) is 6.19. The normalized spacial score (nSPS) is 10.1. The minimum absolute atomic E-state index is 0.201. The molecule has 0 saturated heterocycles. The molecule has 0 unspecified atom stereocenters. The predicted molar refractivity (Wildman–Crippen MR) is 95.1 cm³/mol. The van der Waals surface area contributed by atoms with E-state index in [2.05, 4.69) is 5.32 Å². The Kier molecular flexibility index (Phi) is 6.51. The van der Waals surface area contributed by atoms with E-state index in [0.29, 0.717) is 29.4 Å². The van der Waals surface area contributed by atoms with Gasteiger partial charge in [-0.3, -0.25) is 4.79 Å². The number of hydrogen-bond acceptors (Lipinski definition) is 5. The summed E-state index contributed by atoms with van der Waals surface area (Å²) in [6.45, 7) is 0.516. The molecule has 134 valence electrons. The predicted octanol–water partition coefficient (Wildman–Crippen LogP) is 2.69. The molecular formula is C19H23NO5. The maximum absolute atomic E-state index is 12.4. The van der Waals surface area contributed by atoms with Crippen molar-refractivity contribution in [2.24, 2.45) is 0 Å². The van der Waals surface area contributed by atoms with E-state index in [1.165, 1.54) is 21.3 Å². The third-order valence-corrected chi connectivity index (χ3v) is 3.79. The summed E-state index contributed by atoms with van der Waals surface area (Å²) in [4.78, 5) is 12.4. The molecule has 0 spiro atoms. The molecule has 25 heavy (non-hydrogen) atoms. The van der Waals surface area contributed by atoms with Crippen LogP contribution in [-0.2, 0) is 6.42 Å². The highest BCUT2D eigenvalue weighted by Gasteiger charge is 2.16. The van der Waals surface area contributed by atoms with Crippen molar-refractivity contribution in [2.75, 3.05) is 35.0 Å². The van der Waals surface area contributed by atoms with E-state index in [0.717, 1.165) is 17.7 Å². The topological polar surface area (TPSA) is 66.0 Å². The van der Waals surface area contributed by atoms with E-state index in [9.17, 15) is 4.79 Å². The fourth-order valence-corrected chi connectivity index (χ4v) is 2.43. The standard InChI is InChI=1S/C19H23NO5/c1-22-15-7-5-13(6-8-15)9-10-20-19(21)14-11-16(23-2)18(25-4)17(12-14)24-3/h5-8,11-12H,9-10H2,1-4H3,(H,20,21). The Balaban J connectivity index is 2.02. The summed E-state index contributed by atoms with van der Waals surface area (Å²) >= 11 is 0. The molecule has 6 nitrogen and oxygen atoms in total. The van der Waals surface area contributed by atoms with Crippen LogP contribution >= 0.6 is 0 Å². The molecule has 2 aromatic carbocycles. The molecule has 2 rings (SSSR count). The van der Waals surface area contributed by atoms with Crippen LogP contribution in [-0.4, -0.2) is 40.9 Å². The summed E-state index contributed by atoms with van der Waals surface area (Å²) in [6, 6.07) is 11.0. The largest absolute Gasteiger partial charge is 0.497 e. The van der Waals surface area contributed by atoms with Crippen LogP contribution in [0.3, 0.4) is 0 Å². The molecule has 0 aliphatic rings. The van der Waals surface area contributed by atoms with Gasteiger partial charge in [0.05, 0.1) is 28.4 Å². The van der Waals surface area contributed by atoms with E-state index in [-0.39, 0.29) is 5.91 Å². The van der Waals surface area contributed by atoms with E-state index in [4.69, 9.17) is 18.9 Å². The summed E-state index contributed by atoms with van der Waals surface area (Å²) in [5, 5.41) is 2.89. The van der Waals surface area contributed by atoms with Crippen molar-refractivity contribution < 1.29 is 23.7 Å². The first-order valence-electron chi connectivity index (χ1n) is 7.84. The van der Waals surface area contributed by atoms with Gasteiger partial charge < -0.3 is 24.3 Å². The number of nitrogens with one attached hydrogen (secondary N) is 1. The quantitative estimate of drug-likeness (QED) is 0.797. The highest BCUT2D eigenvalue weighted by atomic mass is 16.5. The highest BCUT2D eigenvalue weighted by molar-refractivity contribution is 5.95. The lowest BCUT2D eigenvalue weighted by atomic mass is 10.1. The van der Waals surface area contributed by atoms with Gasteiger partial charge in [0.15, 0.2) is 11.5 Å². The third-order valence-electron chi connectivity index (χ3n) is 3.79. The molecular weight excluding hydrogens is 322 g/mol. The second-order valence-corrected chi connectivity index (χ2v) is 5.27. The average molecular weight is 345 g/mol. The Morgan fingerprint density at radius 2 is 1.48 bits per heavy atom. The van der Waals surface area contributed by atoms with Crippen LogP contribution in [0.1, 0.15) is 15.9 Å². The van der Waals surface area contributed by atoms with Crippen molar-refractivity contribution in [1.82, 2.24) is 5.32 Å². The fraction of sp³-hybridized carbons (Fsp3) is 0.316. The molecule has 0 bridgehead atoms. The molecule has 1 amide bonds. The number of benzene rings is 2. The molecule has 0 radical (unpaired) electrons. The first-order chi connectivity index (χ1) is 12.1. The first kappa shape index (κ1) is 18.4. The van der Waals surface area contributed by atoms with E-state index in [1.807, 2.05) is 24.3 Å². The maximum atomic E-state index is 12.4. The number of ether oxygens (including phenoxy) is 4. The van der Waals surface area contributed by atoms with Gasteiger partial charge in [-0.05, 0) is 36.2 Å². The fourth-order valence-electron chi connectivity index (χ4n) is 2.43. The number of methoxy groups -OCH3 is 4. The number of carbonyl (C=O) groups is 1. The molecule has 0 atom stereocenters. The van der Waals surface area contributed by atoms with Crippen LogP contribution in [0.25, 0.3) is 0 Å². The molecule has 0 aliphatic carbocycles. The zero-order valence-corrected chi connectivity index (χ0v) is 14.9. The zero-order chi connectivity index (χ0) is 18.2. The Labute approximate surface area is 147 Å². The van der Waals surface area contributed by atoms with Gasteiger partial charge in [-0.1, -0.05) is 12.1 Å². The molecule has 2 aromatic rings. The first-order valence-corrected chi connectivity index (χ1v) is 7.84. The highest BCUT2D eigenvalue weighted by Crippen LogP contribution is 2.38. The zero-order valence-electron chi connectivity index (χ0n) is 14.9.